The van der Waals surface area contributed by atoms with E-state index in [0.717, 1.165) is 23.3 Å². The van der Waals surface area contributed by atoms with Crippen molar-refractivity contribution in [2.24, 2.45) is 5.92 Å². The molecule has 0 saturated heterocycles. The highest BCUT2D eigenvalue weighted by Crippen LogP contribution is 2.34. The third-order valence-electron chi connectivity index (χ3n) is 3.04. The number of carbonyl (C=O) groups is 1. The van der Waals surface area contributed by atoms with Crippen LogP contribution in [0.4, 0.5) is 0 Å². The third kappa shape index (κ3) is 3.76. The molecule has 0 fully saturated rings. The Morgan fingerprint density at radius 1 is 1.30 bits per heavy atom. The van der Waals surface area contributed by atoms with Gasteiger partial charge in [-0.25, -0.2) is 4.79 Å². The topological polar surface area (TPSA) is 55.8 Å². The van der Waals surface area contributed by atoms with Crippen LogP contribution >= 0.6 is 0 Å². The van der Waals surface area contributed by atoms with E-state index in [9.17, 15) is 4.79 Å². The highest BCUT2D eigenvalue weighted by Gasteiger charge is 2.13. The monoisotopic (exact) mass is 276 g/mol. The first-order valence-electron chi connectivity index (χ1n) is 6.90. The molecule has 0 aliphatic carbocycles. The number of hydrogen-bond acceptors (Lipinski definition) is 3. The van der Waals surface area contributed by atoms with Crippen molar-refractivity contribution in [1.82, 2.24) is 0 Å². The zero-order chi connectivity index (χ0) is 14.5. The number of carboxylic acid groups (broad SMARTS) is 1. The fourth-order valence-electron chi connectivity index (χ4n) is 2.21. The van der Waals surface area contributed by atoms with Crippen LogP contribution in [0.25, 0.3) is 5.57 Å². The zero-order valence-corrected chi connectivity index (χ0v) is 11.9. The van der Waals surface area contributed by atoms with Crippen LogP contribution in [0.1, 0.15) is 32.3 Å². The second-order valence-electron chi connectivity index (χ2n) is 5.32. The molecule has 1 aromatic rings. The first kappa shape index (κ1) is 14.4. The number of hydrogen-bond donors (Lipinski definition) is 1. The van der Waals surface area contributed by atoms with E-state index in [1.54, 1.807) is 0 Å². The zero-order valence-electron chi connectivity index (χ0n) is 11.9. The molecular weight excluding hydrogens is 256 g/mol. The minimum Gasteiger partial charge on any atom is -0.490 e. The lowest BCUT2D eigenvalue weighted by Gasteiger charge is -2.13. The van der Waals surface area contributed by atoms with E-state index < -0.39 is 5.97 Å². The van der Waals surface area contributed by atoms with E-state index in [1.165, 1.54) is 6.08 Å². The number of rotatable bonds is 4. The van der Waals surface area contributed by atoms with Crippen molar-refractivity contribution in [2.45, 2.75) is 26.7 Å². The Balaban J connectivity index is 2.34. The van der Waals surface area contributed by atoms with Crippen LogP contribution in [0, 0.1) is 5.92 Å². The average Bonchev–Trinajstić information content (AvgIpc) is 2.61. The van der Waals surface area contributed by atoms with Gasteiger partial charge in [0.15, 0.2) is 11.5 Å². The van der Waals surface area contributed by atoms with Crippen molar-refractivity contribution < 1.29 is 19.4 Å². The van der Waals surface area contributed by atoms with Gasteiger partial charge >= 0.3 is 5.97 Å². The molecule has 20 heavy (non-hydrogen) atoms. The summed E-state index contributed by atoms with van der Waals surface area (Å²) in [7, 11) is 0. The SMILES string of the molecule is CC(C)C/C(=C\C(=O)O)c1ccc2c(c1)OCCCO2. The minimum absolute atomic E-state index is 0.386. The van der Waals surface area contributed by atoms with Crippen LogP contribution in [-0.2, 0) is 4.79 Å². The molecule has 0 unspecified atom stereocenters. The van der Waals surface area contributed by atoms with Crippen LogP contribution in [0.3, 0.4) is 0 Å². The molecular formula is C16H20O4. The molecule has 2 rings (SSSR count). The van der Waals surface area contributed by atoms with Gasteiger partial charge < -0.3 is 14.6 Å². The molecule has 0 saturated carbocycles. The van der Waals surface area contributed by atoms with E-state index in [0.29, 0.717) is 31.3 Å². The Labute approximate surface area is 119 Å². The second kappa shape index (κ2) is 6.46. The summed E-state index contributed by atoms with van der Waals surface area (Å²) in [5.74, 6) is 0.884. The number of benzene rings is 1. The van der Waals surface area contributed by atoms with E-state index in [-0.39, 0.29) is 0 Å². The molecule has 1 aliphatic rings. The molecule has 1 N–H and O–H groups in total. The van der Waals surface area contributed by atoms with E-state index in [4.69, 9.17) is 14.6 Å². The maximum Gasteiger partial charge on any atom is 0.328 e. The van der Waals surface area contributed by atoms with Crippen LogP contribution in [0.15, 0.2) is 24.3 Å². The molecule has 1 aromatic carbocycles. The molecule has 1 aliphatic heterocycles. The van der Waals surface area contributed by atoms with E-state index in [2.05, 4.69) is 13.8 Å². The summed E-state index contributed by atoms with van der Waals surface area (Å²) in [4.78, 5) is 11.0. The summed E-state index contributed by atoms with van der Waals surface area (Å²) in [6.07, 6.45) is 2.85. The van der Waals surface area contributed by atoms with Gasteiger partial charge in [0.05, 0.1) is 13.2 Å². The Hall–Kier alpha value is -1.97. The standard InChI is InChI=1S/C16H20O4/c1-11(2)8-13(10-16(17)18)12-4-5-14-15(9-12)20-7-3-6-19-14/h4-5,9-11H,3,6-8H2,1-2H3,(H,17,18)/b13-10+. The summed E-state index contributed by atoms with van der Waals surface area (Å²) >= 11 is 0. The lowest BCUT2D eigenvalue weighted by Crippen LogP contribution is -1.98. The first-order valence-corrected chi connectivity index (χ1v) is 6.90. The normalized spacial score (nSPS) is 15.1. The molecule has 0 radical (unpaired) electrons. The van der Waals surface area contributed by atoms with Gasteiger partial charge in [-0.1, -0.05) is 19.9 Å². The van der Waals surface area contributed by atoms with Gasteiger partial charge in [0.1, 0.15) is 0 Å². The van der Waals surface area contributed by atoms with Gasteiger partial charge in [-0.3, -0.25) is 0 Å². The molecule has 4 heteroatoms. The number of carboxylic acids is 1. The smallest absolute Gasteiger partial charge is 0.328 e. The number of ether oxygens (including phenoxy) is 2. The Bertz CT molecular complexity index is 517. The van der Waals surface area contributed by atoms with Crippen molar-refractivity contribution >= 4 is 11.5 Å². The maximum atomic E-state index is 11.0. The Morgan fingerprint density at radius 3 is 2.65 bits per heavy atom. The van der Waals surface area contributed by atoms with Gasteiger partial charge in [-0.2, -0.15) is 0 Å². The lowest BCUT2D eigenvalue weighted by molar-refractivity contribution is -0.131. The van der Waals surface area contributed by atoms with Crippen molar-refractivity contribution in [3.63, 3.8) is 0 Å². The molecule has 0 amide bonds. The third-order valence-corrected chi connectivity index (χ3v) is 3.04. The number of fused-ring (bicyclic) bond motifs is 1. The molecule has 0 bridgehead atoms. The van der Waals surface area contributed by atoms with Gasteiger partial charge in [0.25, 0.3) is 0 Å². The van der Waals surface area contributed by atoms with Gasteiger partial charge in [0, 0.05) is 12.5 Å². The number of aliphatic carboxylic acids is 1. The summed E-state index contributed by atoms with van der Waals surface area (Å²) in [6.45, 7) is 5.41. The summed E-state index contributed by atoms with van der Waals surface area (Å²) in [5, 5.41) is 9.01. The largest absolute Gasteiger partial charge is 0.490 e. The van der Waals surface area contributed by atoms with E-state index >= 15 is 0 Å². The first-order chi connectivity index (χ1) is 9.56. The highest BCUT2D eigenvalue weighted by atomic mass is 16.5. The van der Waals surface area contributed by atoms with Crippen LogP contribution in [0.5, 0.6) is 11.5 Å². The van der Waals surface area contributed by atoms with Crippen LogP contribution in [-0.4, -0.2) is 24.3 Å². The molecule has 0 spiro atoms. The predicted octanol–water partition coefficient (Wildman–Crippen LogP) is 3.36. The quantitative estimate of drug-likeness (QED) is 0.857. The second-order valence-corrected chi connectivity index (χ2v) is 5.32. The molecule has 4 nitrogen and oxygen atoms in total. The molecule has 1 heterocycles. The number of allylic oxidation sites excluding steroid dienone is 1. The lowest BCUT2D eigenvalue weighted by atomic mass is 9.95. The van der Waals surface area contributed by atoms with Crippen molar-refractivity contribution in [3.05, 3.63) is 29.8 Å². The van der Waals surface area contributed by atoms with Gasteiger partial charge in [-0.15, -0.1) is 0 Å². The predicted molar refractivity (Wildman–Crippen MR) is 77.1 cm³/mol. The van der Waals surface area contributed by atoms with Crippen LogP contribution in [0.2, 0.25) is 0 Å². The minimum atomic E-state index is -0.923. The Kier molecular flexibility index (Phi) is 4.66. The maximum absolute atomic E-state index is 11.0. The summed E-state index contributed by atoms with van der Waals surface area (Å²) < 4.78 is 11.2. The molecule has 0 aromatic heterocycles. The fourth-order valence-corrected chi connectivity index (χ4v) is 2.21. The summed E-state index contributed by atoms with van der Waals surface area (Å²) in [6, 6.07) is 5.62. The van der Waals surface area contributed by atoms with Crippen molar-refractivity contribution in [3.8, 4) is 11.5 Å². The highest BCUT2D eigenvalue weighted by molar-refractivity contribution is 5.90. The van der Waals surface area contributed by atoms with E-state index in [1.807, 2.05) is 18.2 Å². The molecule has 0 atom stereocenters. The van der Waals surface area contributed by atoms with Gasteiger partial charge in [0.2, 0.25) is 0 Å². The van der Waals surface area contributed by atoms with Crippen molar-refractivity contribution in [2.75, 3.05) is 13.2 Å². The van der Waals surface area contributed by atoms with Gasteiger partial charge in [-0.05, 0) is 35.6 Å². The fraction of sp³-hybridized carbons (Fsp3) is 0.438. The Morgan fingerprint density at radius 2 is 2.00 bits per heavy atom. The molecule has 108 valence electrons. The van der Waals surface area contributed by atoms with Crippen molar-refractivity contribution in [1.29, 1.82) is 0 Å². The van der Waals surface area contributed by atoms with Crippen LogP contribution < -0.4 is 9.47 Å². The average molecular weight is 276 g/mol. The summed E-state index contributed by atoms with van der Waals surface area (Å²) in [5.41, 5.74) is 1.69.